The number of rotatable bonds is 1. The molecule has 1 aliphatic rings. The number of carbonyl (C=O) groups excluding carboxylic acids is 1. The lowest BCUT2D eigenvalue weighted by Gasteiger charge is -2.24. The summed E-state index contributed by atoms with van der Waals surface area (Å²) in [4.78, 5) is 11.5. The SMILES string of the molecule is C=C(C)[C@H]1CC=C(C)C(=O)[C@H]1C#N. The van der Waals surface area contributed by atoms with E-state index in [1.54, 1.807) is 6.92 Å². The van der Waals surface area contributed by atoms with Crippen LogP contribution in [0.4, 0.5) is 0 Å². The molecule has 0 fully saturated rings. The van der Waals surface area contributed by atoms with Crippen molar-refractivity contribution in [2.75, 3.05) is 0 Å². The fraction of sp³-hybridized carbons (Fsp3) is 0.455. The molecule has 0 radical (unpaired) electrons. The molecule has 0 aromatic carbocycles. The molecule has 13 heavy (non-hydrogen) atoms. The Kier molecular flexibility index (Phi) is 2.67. The number of hydrogen-bond acceptors (Lipinski definition) is 2. The van der Waals surface area contributed by atoms with Crippen LogP contribution in [0.15, 0.2) is 23.8 Å². The Labute approximate surface area is 78.6 Å². The van der Waals surface area contributed by atoms with Crippen molar-refractivity contribution in [3.63, 3.8) is 0 Å². The van der Waals surface area contributed by atoms with Gasteiger partial charge < -0.3 is 0 Å². The van der Waals surface area contributed by atoms with Crippen molar-refractivity contribution in [1.82, 2.24) is 0 Å². The molecule has 0 saturated carbocycles. The molecule has 2 heteroatoms. The van der Waals surface area contributed by atoms with Gasteiger partial charge in [-0.1, -0.05) is 18.2 Å². The molecule has 0 aliphatic heterocycles. The Hall–Kier alpha value is -1.36. The summed E-state index contributed by atoms with van der Waals surface area (Å²) in [7, 11) is 0. The number of carbonyl (C=O) groups is 1. The van der Waals surface area contributed by atoms with Gasteiger partial charge in [0, 0.05) is 5.92 Å². The molecular weight excluding hydrogens is 162 g/mol. The van der Waals surface area contributed by atoms with Crippen LogP contribution in [0, 0.1) is 23.2 Å². The Morgan fingerprint density at radius 3 is 2.85 bits per heavy atom. The van der Waals surface area contributed by atoms with E-state index >= 15 is 0 Å². The summed E-state index contributed by atoms with van der Waals surface area (Å²) in [5, 5.41) is 8.86. The quantitative estimate of drug-likeness (QED) is 0.573. The van der Waals surface area contributed by atoms with Crippen LogP contribution in [-0.2, 0) is 4.79 Å². The molecule has 0 unspecified atom stereocenters. The van der Waals surface area contributed by atoms with Gasteiger partial charge in [-0.25, -0.2) is 0 Å². The first-order valence-corrected chi connectivity index (χ1v) is 4.34. The zero-order valence-electron chi connectivity index (χ0n) is 8.00. The third-order valence-electron chi connectivity index (χ3n) is 2.52. The number of nitriles is 1. The number of ketones is 1. The molecular formula is C11H13NO. The van der Waals surface area contributed by atoms with E-state index in [-0.39, 0.29) is 11.7 Å². The number of Topliss-reactive ketones (excluding diaryl/α,β-unsaturated/α-hetero) is 1. The zero-order chi connectivity index (χ0) is 10.0. The van der Waals surface area contributed by atoms with E-state index < -0.39 is 5.92 Å². The summed E-state index contributed by atoms with van der Waals surface area (Å²) in [5.74, 6) is -0.537. The maximum atomic E-state index is 11.5. The highest BCUT2D eigenvalue weighted by Gasteiger charge is 2.32. The van der Waals surface area contributed by atoms with Gasteiger partial charge in [0.2, 0.25) is 0 Å². The molecule has 0 aromatic heterocycles. The summed E-state index contributed by atoms with van der Waals surface area (Å²) in [6.07, 6.45) is 2.67. The van der Waals surface area contributed by atoms with Gasteiger partial charge >= 0.3 is 0 Å². The normalized spacial score (nSPS) is 27.8. The van der Waals surface area contributed by atoms with Gasteiger partial charge in [0.15, 0.2) is 5.78 Å². The number of allylic oxidation sites excluding steroid dienone is 3. The summed E-state index contributed by atoms with van der Waals surface area (Å²) in [6, 6.07) is 2.06. The lowest BCUT2D eigenvalue weighted by molar-refractivity contribution is -0.119. The molecule has 0 heterocycles. The van der Waals surface area contributed by atoms with Crippen LogP contribution in [0.1, 0.15) is 20.3 Å². The van der Waals surface area contributed by atoms with E-state index in [0.717, 1.165) is 12.0 Å². The molecule has 0 saturated heterocycles. The highest BCUT2D eigenvalue weighted by molar-refractivity contribution is 5.99. The third-order valence-corrected chi connectivity index (χ3v) is 2.52. The standard InChI is InChI=1S/C11H13NO/c1-7(2)9-5-4-8(3)11(13)10(9)6-12/h4,9-10H,1,5H2,2-3H3/t9-,10+/m1/s1. The second-order valence-electron chi connectivity index (χ2n) is 3.55. The van der Waals surface area contributed by atoms with E-state index in [2.05, 4.69) is 12.6 Å². The lowest BCUT2D eigenvalue weighted by Crippen LogP contribution is -2.27. The Morgan fingerprint density at radius 2 is 2.38 bits per heavy atom. The van der Waals surface area contributed by atoms with Gasteiger partial charge in [0.1, 0.15) is 5.92 Å². The molecule has 2 nitrogen and oxygen atoms in total. The van der Waals surface area contributed by atoms with E-state index in [1.165, 1.54) is 0 Å². The first kappa shape index (κ1) is 9.73. The zero-order valence-corrected chi connectivity index (χ0v) is 8.00. The van der Waals surface area contributed by atoms with Crippen LogP contribution in [0.25, 0.3) is 0 Å². The van der Waals surface area contributed by atoms with Crippen molar-refractivity contribution in [3.05, 3.63) is 23.8 Å². The van der Waals surface area contributed by atoms with Gasteiger partial charge in [0.25, 0.3) is 0 Å². The smallest absolute Gasteiger partial charge is 0.175 e. The predicted molar refractivity (Wildman–Crippen MR) is 50.8 cm³/mol. The fourth-order valence-electron chi connectivity index (χ4n) is 1.60. The second-order valence-corrected chi connectivity index (χ2v) is 3.55. The van der Waals surface area contributed by atoms with E-state index in [4.69, 9.17) is 5.26 Å². The molecule has 1 aliphatic carbocycles. The van der Waals surface area contributed by atoms with Crippen LogP contribution in [0.3, 0.4) is 0 Å². The van der Waals surface area contributed by atoms with Crippen LogP contribution >= 0.6 is 0 Å². The summed E-state index contributed by atoms with van der Waals surface area (Å²) in [6.45, 7) is 7.44. The van der Waals surface area contributed by atoms with E-state index in [9.17, 15) is 4.79 Å². The average molecular weight is 175 g/mol. The van der Waals surface area contributed by atoms with Crippen molar-refractivity contribution in [1.29, 1.82) is 5.26 Å². The molecule has 2 atom stereocenters. The topological polar surface area (TPSA) is 40.9 Å². The van der Waals surface area contributed by atoms with Gasteiger partial charge in [-0.15, -0.1) is 0 Å². The maximum Gasteiger partial charge on any atom is 0.175 e. The highest BCUT2D eigenvalue weighted by Crippen LogP contribution is 2.30. The minimum Gasteiger partial charge on any atom is -0.293 e. The molecule has 0 spiro atoms. The average Bonchev–Trinajstić information content (AvgIpc) is 2.09. The van der Waals surface area contributed by atoms with Crippen molar-refractivity contribution in [2.24, 2.45) is 11.8 Å². The monoisotopic (exact) mass is 175 g/mol. The van der Waals surface area contributed by atoms with E-state index in [0.29, 0.717) is 5.57 Å². The Bertz CT molecular complexity index is 319. The summed E-state index contributed by atoms with van der Waals surface area (Å²) < 4.78 is 0. The minimum atomic E-state index is -0.512. The van der Waals surface area contributed by atoms with Gasteiger partial charge in [-0.3, -0.25) is 4.79 Å². The van der Waals surface area contributed by atoms with Crippen molar-refractivity contribution in [3.8, 4) is 6.07 Å². The Morgan fingerprint density at radius 1 is 1.77 bits per heavy atom. The number of nitrogens with zero attached hydrogens (tertiary/aromatic N) is 1. The van der Waals surface area contributed by atoms with Gasteiger partial charge in [-0.05, 0) is 25.8 Å². The predicted octanol–water partition coefficient (Wildman–Crippen LogP) is 2.24. The van der Waals surface area contributed by atoms with Gasteiger partial charge in [-0.2, -0.15) is 5.26 Å². The lowest BCUT2D eigenvalue weighted by atomic mass is 9.77. The third kappa shape index (κ3) is 1.70. The Balaban J connectivity index is 3.00. The first-order valence-electron chi connectivity index (χ1n) is 4.34. The molecule has 0 amide bonds. The first-order chi connectivity index (χ1) is 6.07. The molecule has 0 N–H and O–H groups in total. The van der Waals surface area contributed by atoms with Crippen LogP contribution in [0.2, 0.25) is 0 Å². The molecule has 1 rings (SSSR count). The molecule has 0 bridgehead atoms. The number of hydrogen-bond donors (Lipinski definition) is 0. The van der Waals surface area contributed by atoms with Crippen molar-refractivity contribution in [2.45, 2.75) is 20.3 Å². The highest BCUT2D eigenvalue weighted by atomic mass is 16.1. The summed E-state index contributed by atoms with van der Waals surface area (Å²) in [5.41, 5.74) is 1.63. The van der Waals surface area contributed by atoms with Crippen LogP contribution in [0.5, 0.6) is 0 Å². The minimum absolute atomic E-state index is 0.0150. The fourth-order valence-corrected chi connectivity index (χ4v) is 1.60. The summed E-state index contributed by atoms with van der Waals surface area (Å²) >= 11 is 0. The second kappa shape index (κ2) is 3.57. The maximum absolute atomic E-state index is 11.5. The van der Waals surface area contributed by atoms with Crippen LogP contribution in [-0.4, -0.2) is 5.78 Å². The van der Waals surface area contributed by atoms with E-state index in [1.807, 2.05) is 13.0 Å². The molecule has 68 valence electrons. The van der Waals surface area contributed by atoms with Crippen LogP contribution < -0.4 is 0 Å². The van der Waals surface area contributed by atoms with Gasteiger partial charge in [0.05, 0.1) is 6.07 Å². The van der Waals surface area contributed by atoms with Crippen molar-refractivity contribution < 1.29 is 4.79 Å². The molecule has 0 aromatic rings. The largest absolute Gasteiger partial charge is 0.293 e. The van der Waals surface area contributed by atoms with Crippen molar-refractivity contribution >= 4 is 5.78 Å².